The van der Waals surface area contributed by atoms with Crippen molar-refractivity contribution < 1.29 is 80.2 Å². The molecule has 0 aromatic rings. The Morgan fingerprint density at radius 2 is 0.578 bits per heavy atom. The number of carbonyl (C=O) groups is 4. The summed E-state index contributed by atoms with van der Waals surface area (Å²) >= 11 is 0. The summed E-state index contributed by atoms with van der Waals surface area (Å²) in [5, 5.41) is 10.5. The molecule has 0 spiro atoms. The van der Waals surface area contributed by atoms with Gasteiger partial charge in [-0.2, -0.15) is 0 Å². The minimum absolute atomic E-state index is 0.105. The van der Waals surface area contributed by atoms with Gasteiger partial charge in [0, 0.05) is 25.7 Å². The number of esters is 4. The molecule has 83 heavy (non-hydrogen) atoms. The van der Waals surface area contributed by atoms with Crippen molar-refractivity contribution in [3.8, 4) is 0 Å². The normalized spacial score (nSPS) is 14.6. The maximum absolute atomic E-state index is 13.0. The summed E-state index contributed by atoms with van der Waals surface area (Å²) in [7, 11) is -9.87. The highest BCUT2D eigenvalue weighted by Gasteiger charge is 2.30. The molecule has 17 nitrogen and oxygen atoms in total. The van der Waals surface area contributed by atoms with Crippen LogP contribution in [0.3, 0.4) is 0 Å². The SMILES string of the molecule is CCCCCCCCCCCCCCCCCCCCCC(=O)O[C@H](COC(=O)CCCCCCCCC(C)CC)COP(=O)(O)OC[C@@H](O)COP(=O)(O)OC[C@@H](COC(=O)CCCCCCC)OC(=O)CCCCCCCCCCC. The monoisotopic (exact) mass is 1230 g/mol. The van der Waals surface area contributed by atoms with Gasteiger partial charge in [0.05, 0.1) is 26.4 Å². The molecular weight excluding hydrogens is 1100 g/mol. The molecule has 0 saturated heterocycles. The number of aliphatic hydroxyl groups excluding tert-OH is 1. The van der Waals surface area contributed by atoms with Crippen molar-refractivity contribution in [1.82, 2.24) is 0 Å². The molecule has 3 unspecified atom stereocenters. The lowest BCUT2D eigenvalue weighted by atomic mass is 10.00. The highest BCUT2D eigenvalue weighted by atomic mass is 31.2. The zero-order chi connectivity index (χ0) is 61.3. The Hall–Kier alpha value is -1.94. The van der Waals surface area contributed by atoms with Crippen LogP contribution in [0.4, 0.5) is 0 Å². The van der Waals surface area contributed by atoms with E-state index < -0.39 is 97.5 Å². The Labute approximate surface area is 505 Å². The van der Waals surface area contributed by atoms with E-state index in [4.69, 9.17) is 37.0 Å². The van der Waals surface area contributed by atoms with Gasteiger partial charge in [0.15, 0.2) is 12.2 Å². The van der Waals surface area contributed by atoms with Crippen LogP contribution in [0.15, 0.2) is 0 Å². The molecular formula is C64H124O17P2. The first-order valence-corrected chi connectivity index (χ1v) is 36.7. The fourth-order valence-electron chi connectivity index (χ4n) is 9.55. The van der Waals surface area contributed by atoms with E-state index in [1.165, 1.54) is 135 Å². The number of carbonyl (C=O) groups excluding carboxylic acids is 4. The molecule has 6 atom stereocenters. The van der Waals surface area contributed by atoms with E-state index >= 15 is 0 Å². The average molecular weight is 1230 g/mol. The average Bonchev–Trinajstić information content (AvgIpc) is 3.48. The minimum Gasteiger partial charge on any atom is -0.462 e. The lowest BCUT2D eigenvalue weighted by Gasteiger charge is -2.21. The molecule has 0 radical (unpaired) electrons. The van der Waals surface area contributed by atoms with Crippen LogP contribution in [0.2, 0.25) is 0 Å². The van der Waals surface area contributed by atoms with Gasteiger partial charge in [-0.15, -0.1) is 0 Å². The number of rotatable bonds is 64. The van der Waals surface area contributed by atoms with E-state index in [0.717, 1.165) is 109 Å². The minimum atomic E-state index is -4.94. The molecule has 0 saturated carbocycles. The van der Waals surface area contributed by atoms with Crippen molar-refractivity contribution in [1.29, 1.82) is 0 Å². The number of ether oxygens (including phenoxy) is 4. The number of unbranched alkanes of at least 4 members (excludes halogenated alkanes) is 35. The summed E-state index contributed by atoms with van der Waals surface area (Å²) in [5.74, 6) is -1.42. The molecule has 0 aromatic carbocycles. The quantitative estimate of drug-likeness (QED) is 0.0222. The van der Waals surface area contributed by atoms with E-state index in [1.54, 1.807) is 0 Å². The van der Waals surface area contributed by atoms with Gasteiger partial charge in [-0.05, 0) is 31.6 Å². The second-order valence-corrected chi connectivity index (χ2v) is 26.3. The predicted octanol–water partition coefficient (Wildman–Crippen LogP) is 17.8. The number of phosphoric acid groups is 2. The maximum Gasteiger partial charge on any atom is 0.472 e. The summed E-state index contributed by atoms with van der Waals surface area (Å²) in [6, 6.07) is 0. The first kappa shape index (κ1) is 81.1. The second kappa shape index (κ2) is 57.8. The van der Waals surface area contributed by atoms with Crippen LogP contribution in [0, 0.1) is 5.92 Å². The van der Waals surface area contributed by atoms with Crippen molar-refractivity contribution in [2.24, 2.45) is 5.92 Å². The second-order valence-electron chi connectivity index (χ2n) is 23.4. The van der Waals surface area contributed by atoms with E-state index in [-0.39, 0.29) is 25.7 Å². The van der Waals surface area contributed by atoms with Crippen LogP contribution >= 0.6 is 15.6 Å². The summed E-state index contributed by atoms with van der Waals surface area (Å²) < 4.78 is 67.7. The van der Waals surface area contributed by atoms with E-state index in [0.29, 0.717) is 25.7 Å². The van der Waals surface area contributed by atoms with E-state index in [2.05, 4.69) is 34.6 Å². The van der Waals surface area contributed by atoms with Gasteiger partial charge in [-0.1, -0.05) is 272 Å². The van der Waals surface area contributed by atoms with Gasteiger partial charge in [0.25, 0.3) is 0 Å². The topological polar surface area (TPSA) is 237 Å². The largest absolute Gasteiger partial charge is 0.472 e. The van der Waals surface area contributed by atoms with Crippen LogP contribution in [0.1, 0.15) is 324 Å². The van der Waals surface area contributed by atoms with Crippen molar-refractivity contribution >= 4 is 39.5 Å². The first-order chi connectivity index (χ1) is 40.1. The highest BCUT2D eigenvalue weighted by molar-refractivity contribution is 7.47. The zero-order valence-corrected chi connectivity index (χ0v) is 55.1. The molecule has 0 aromatic heterocycles. The zero-order valence-electron chi connectivity index (χ0n) is 53.3. The number of aliphatic hydroxyl groups is 1. The molecule has 0 amide bonds. The first-order valence-electron chi connectivity index (χ1n) is 33.7. The van der Waals surface area contributed by atoms with Crippen LogP contribution in [0.25, 0.3) is 0 Å². The van der Waals surface area contributed by atoms with Crippen LogP contribution in [-0.4, -0.2) is 96.7 Å². The summed E-state index contributed by atoms with van der Waals surface area (Å²) in [4.78, 5) is 71.9. The third kappa shape index (κ3) is 57.6. The van der Waals surface area contributed by atoms with Crippen molar-refractivity contribution in [3.05, 3.63) is 0 Å². The van der Waals surface area contributed by atoms with Crippen LogP contribution < -0.4 is 0 Å². The third-order valence-electron chi connectivity index (χ3n) is 15.1. The number of hydrogen-bond donors (Lipinski definition) is 3. The number of hydrogen-bond acceptors (Lipinski definition) is 15. The third-order valence-corrected chi connectivity index (χ3v) is 17.0. The van der Waals surface area contributed by atoms with Crippen molar-refractivity contribution in [2.75, 3.05) is 39.6 Å². The molecule has 0 bridgehead atoms. The van der Waals surface area contributed by atoms with Gasteiger partial charge >= 0.3 is 39.5 Å². The Morgan fingerprint density at radius 3 is 0.855 bits per heavy atom. The predicted molar refractivity (Wildman–Crippen MR) is 331 cm³/mol. The fourth-order valence-corrected chi connectivity index (χ4v) is 11.1. The molecule has 0 aliphatic heterocycles. The summed E-state index contributed by atoms with van der Waals surface area (Å²) in [5.41, 5.74) is 0. The maximum atomic E-state index is 13.0. The fraction of sp³-hybridized carbons (Fsp3) is 0.938. The Kier molecular flexibility index (Phi) is 56.4. The molecule has 0 aliphatic rings. The van der Waals surface area contributed by atoms with Crippen LogP contribution in [0.5, 0.6) is 0 Å². The van der Waals surface area contributed by atoms with Gasteiger partial charge < -0.3 is 33.8 Å². The highest BCUT2D eigenvalue weighted by Crippen LogP contribution is 2.45. The molecule has 0 rings (SSSR count). The summed E-state index contributed by atoms with van der Waals surface area (Å²) in [6.45, 7) is 7.05. The standard InChI is InChI=1S/C64H124O17P2/c1-6-10-13-16-18-20-21-22-23-24-25-26-27-28-29-31-33-40-45-50-64(69)81-60(54-75-62(67)48-43-38-35-34-37-41-46-57(5)9-4)56-79-83(72,73)77-52-58(65)51-76-82(70,71)78-55-59(53-74-61(66)47-42-36-15-12-8-3)80-63(68)49-44-39-32-30-19-17-14-11-7-2/h57-60,65H,6-56H2,1-5H3,(H,70,71)(H,72,73)/t57?,58-,59+,60+/m0/s1. The van der Waals surface area contributed by atoms with Gasteiger partial charge in [0.1, 0.15) is 19.3 Å². The smallest absolute Gasteiger partial charge is 0.462 e. The molecule has 492 valence electrons. The van der Waals surface area contributed by atoms with Crippen LogP contribution in [-0.2, 0) is 65.4 Å². The van der Waals surface area contributed by atoms with Gasteiger partial charge in [0.2, 0.25) is 0 Å². The summed E-state index contributed by atoms with van der Waals surface area (Å²) in [6.07, 6.45) is 42.2. The molecule has 19 heteroatoms. The molecule has 0 heterocycles. The molecule has 0 aliphatic carbocycles. The van der Waals surface area contributed by atoms with Crippen molar-refractivity contribution in [2.45, 2.75) is 342 Å². The molecule has 3 N–H and O–H groups in total. The molecule has 0 fully saturated rings. The Balaban J connectivity index is 5.11. The van der Waals surface area contributed by atoms with Gasteiger partial charge in [-0.25, -0.2) is 9.13 Å². The Morgan fingerprint density at radius 1 is 0.337 bits per heavy atom. The lowest BCUT2D eigenvalue weighted by Crippen LogP contribution is -2.30. The number of phosphoric ester groups is 2. The van der Waals surface area contributed by atoms with Gasteiger partial charge in [-0.3, -0.25) is 37.3 Å². The van der Waals surface area contributed by atoms with Crippen molar-refractivity contribution in [3.63, 3.8) is 0 Å². The van der Waals surface area contributed by atoms with E-state index in [9.17, 15) is 43.2 Å². The lowest BCUT2D eigenvalue weighted by molar-refractivity contribution is -0.161. The Bertz CT molecular complexity index is 1620. The van der Waals surface area contributed by atoms with E-state index in [1.807, 2.05) is 0 Å².